The van der Waals surface area contributed by atoms with Gasteiger partial charge < -0.3 is 36.0 Å². The van der Waals surface area contributed by atoms with Gasteiger partial charge in [-0.25, -0.2) is 4.99 Å². The Bertz CT molecular complexity index is 614. The number of rotatable bonds is 17. The third-order valence-corrected chi connectivity index (χ3v) is 7.67. The number of nitrogens with zero attached hydrogens (tertiary/aromatic N) is 1. The summed E-state index contributed by atoms with van der Waals surface area (Å²) in [6.45, 7) is 6.74. The molecule has 0 aliphatic carbocycles. The van der Waals surface area contributed by atoms with E-state index >= 15 is 0 Å². The maximum atomic E-state index is 11.1. The van der Waals surface area contributed by atoms with E-state index in [0.717, 1.165) is 58.2 Å². The second-order valence-corrected chi connectivity index (χ2v) is 10.5. The van der Waals surface area contributed by atoms with Crippen LogP contribution < -0.4 is 15.5 Å². The average molecular weight is 486 g/mol. The maximum absolute atomic E-state index is 11.1. The largest absolute Gasteiger partial charge is 0.481 e. The first-order valence-electron chi connectivity index (χ1n) is 13.3. The van der Waals surface area contributed by atoms with E-state index in [0.29, 0.717) is 31.5 Å². The first-order valence-corrected chi connectivity index (χ1v) is 13.3. The second-order valence-electron chi connectivity index (χ2n) is 10.5. The smallest absolute Gasteiger partial charge is 0.306 e. The fraction of sp³-hybridized carbons (Fsp3) is 0.920. The van der Waals surface area contributed by atoms with E-state index in [1.165, 1.54) is 4.90 Å². The SMILES string of the molecule is CCNCC(O)(CCC(CO)CCCCCCC1NC(C)C(O)CC1[NH+]1CC=NC1)CC(=O)O. The van der Waals surface area contributed by atoms with Crippen LogP contribution in [0.2, 0.25) is 0 Å². The van der Waals surface area contributed by atoms with Gasteiger partial charge in [-0.1, -0.05) is 32.6 Å². The van der Waals surface area contributed by atoms with Crippen LogP contribution in [0.5, 0.6) is 0 Å². The summed E-state index contributed by atoms with van der Waals surface area (Å²) in [5.74, 6) is -0.911. The van der Waals surface area contributed by atoms with E-state index in [1.807, 2.05) is 13.1 Å². The molecule has 7 atom stereocenters. The molecule has 1 fully saturated rings. The van der Waals surface area contributed by atoms with Crippen LogP contribution in [0, 0.1) is 5.92 Å². The molecule has 2 heterocycles. The van der Waals surface area contributed by atoms with Crippen LogP contribution in [0.25, 0.3) is 0 Å². The molecule has 9 nitrogen and oxygen atoms in total. The predicted molar refractivity (Wildman–Crippen MR) is 133 cm³/mol. The topological polar surface area (TPSA) is 139 Å². The third-order valence-electron chi connectivity index (χ3n) is 7.67. The van der Waals surface area contributed by atoms with Crippen molar-refractivity contribution in [1.82, 2.24) is 10.6 Å². The molecule has 2 rings (SSSR count). The highest BCUT2D eigenvalue weighted by Gasteiger charge is 2.39. The van der Waals surface area contributed by atoms with Crippen LogP contribution in [0.1, 0.15) is 78.1 Å². The number of carbonyl (C=O) groups is 1. The summed E-state index contributed by atoms with van der Waals surface area (Å²) < 4.78 is 0. The number of likely N-dealkylation sites (N-methyl/N-ethyl adjacent to an activating group) is 1. The minimum absolute atomic E-state index is 0.0684. The summed E-state index contributed by atoms with van der Waals surface area (Å²) in [6.07, 6.45) is 9.63. The van der Waals surface area contributed by atoms with Crippen molar-refractivity contribution in [2.24, 2.45) is 10.9 Å². The Labute approximate surface area is 205 Å². The molecule has 9 heteroatoms. The summed E-state index contributed by atoms with van der Waals surface area (Å²) in [5, 5.41) is 46.6. The van der Waals surface area contributed by atoms with Crippen LogP contribution in [-0.2, 0) is 4.79 Å². The van der Waals surface area contributed by atoms with Gasteiger partial charge in [-0.15, -0.1) is 0 Å². The molecule has 0 spiro atoms. The standard InChI is InChI=1S/C25H48N4O5/c1-3-26-17-25(34,15-24(32)33)11-10-20(16-30)8-6-4-5-7-9-21-22(29-13-12-27-18-29)14-23(31)19(2)28-21/h12,19-23,26,28,30-31,34H,3-11,13-18H2,1-2H3,(H,32,33)/p+1. The summed E-state index contributed by atoms with van der Waals surface area (Å²) >= 11 is 0. The van der Waals surface area contributed by atoms with Gasteiger partial charge in [0.2, 0.25) is 0 Å². The molecule has 0 aromatic carbocycles. The monoisotopic (exact) mass is 485 g/mol. The van der Waals surface area contributed by atoms with Crippen LogP contribution in [0.3, 0.4) is 0 Å². The number of unbranched alkanes of at least 4 members (excludes halogenated alkanes) is 3. The Morgan fingerprint density at radius 2 is 2.06 bits per heavy atom. The number of hydrogen-bond acceptors (Lipinski definition) is 7. The number of aliphatic hydroxyl groups excluding tert-OH is 2. The first kappa shape index (κ1) is 29.1. The van der Waals surface area contributed by atoms with E-state index in [-0.39, 0.29) is 37.6 Å². The number of carboxylic acids is 1. The Morgan fingerprint density at radius 3 is 2.71 bits per heavy atom. The molecular weight excluding hydrogens is 436 g/mol. The Hall–Kier alpha value is -1.10. The lowest BCUT2D eigenvalue weighted by Gasteiger charge is -2.41. The van der Waals surface area contributed by atoms with Gasteiger partial charge >= 0.3 is 5.97 Å². The van der Waals surface area contributed by atoms with Gasteiger partial charge in [0, 0.05) is 25.6 Å². The quantitative estimate of drug-likeness (QED) is 0.143. The van der Waals surface area contributed by atoms with Crippen molar-refractivity contribution < 1.29 is 30.1 Å². The average Bonchev–Trinajstić information content (AvgIpc) is 3.33. The normalized spacial score (nSPS) is 29.7. The van der Waals surface area contributed by atoms with Crippen molar-refractivity contribution in [2.45, 2.75) is 108 Å². The van der Waals surface area contributed by atoms with E-state index in [2.05, 4.69) is 22.5 Å². The van der Waals surface area contributed by atoms with Gasteiger partial charge in [-0.05, 0) is 45.1 Å². The number of carboxylic acid groups (broad SMARTS) is 1. The molecule has 0 bridgehead atoms. The molecule has 0 amide bonds. The van der Waals surface area contributed by atoms with Gasteiger partial charge in [-0.3, -0.25) is 4.79 Å². The Morgan fingerprint density at radius 1 is 1.29 bits per heavy atom. The predicted octanol–water partition coefficient (Wildman–Crippen LogP) is -0.0623. The van der Waals surface area contributed by atoms with Crippen molar-refractivity contribution >= 4 is 12.2 Å². The van der Waals surface area contributed by atoms with Gasteiger partial charge in [0.25, 0.3) is 0 Å². The molecule has 0 aromatic heterocycles. The zero-order chi connectivity index (χ0) is 25.0. The molecule has 1 saturated heterocycles. The summed E-state index contributed by atoms with van der Waals surface area (Å²) in [5.41, 5.74) is -1.27. The highest BCUT2D eigenvalue weighted by atomic mass is 16.4. The molecule has 7 N–H and O–H groups in total. The number of piperidine rings is 1. The number of aliphatic imine (C=N–C) groups is 1. The number of quaternary nitrogens is 1. The molecule has 0 radical (unpaired) electrons. The fourth-order valence-electron chi connectivity index (χ4n) is 5.45. The summed E-state index contributed by atoms with van der Waals surface area (Å²) in [7, 11) is 0. The molecule has 2 aliphatic heterocycles. The molecule has 0 aromatic rings. The second kappa shape index (κ2) is 15.1. The van der Waals surface area contributed by atoms with Gasteiger partial charge in [0.1, 0.15) is 12.6 Å². The van der Waals surface area contributed by atoms with Gasteiger partial charge in [-0.2, -0.15) is 0 Å². The highest BCUT2D eigenvalue weighted by Crippen LogP contribution is 2.24. The molecule has 198 valence electrons. The zero-order valence-corrected chi connectivity index (χ0v) is 21.2. The molecule has 34 heavy (non-hydrogen) atoms. The van der Waals surface area contributed by atoms with Crippen LogP contribution in [0.4, 0.5) is 0 Å². The Kier molecular flexibility index (Phi) is 12.9. The lowest BCUT2D eigenvalue weighted by Crippen LogP contribution is -3.16. The van der Waals surface area contributed by atoms with Gasteiger partial charge in [0.05, 0.1) is 30.4 Å². The lowest BCUT2D eigenvalue weighted by molar-refractivity contribution is -0.914. The number of hydrogen-bond donors (Lipinski definition) is 7. The van der Waals surface area contributed by atoms with Crippen LogP contribution in [0.15, 0.2) is 4.99 Å². The molecule has 0 saturated carbocycles. The molecular formula is C25H49N4O5+. The van der Waals surface area contributed by atoms with E-state index in [4.69, 9.17) is 5.11 Å². The number of nitrogens with one attached hydrogen (secondary N) is 3. The lowest BCUT2D eigenvalue weighted by atomic mass is 9.86. The van der Waals surface area contributed by atoms with Crippen molar-refractivity contribution in [3.8, 4) is 0 Å². The molecule has 2 aliphatic rings. The highest BCUT2D eigenvalue weighted by molar-refractivity contribution is 5.68. The first-order chi connectivity index (χ1) is 16.3. The minimum Gasteiger partial charge on any atom is -0.481 e. The Balaban J connectivity index is 1.67. The van der Waals surface area contributed by atoms with Crippen molar-refractivity contribution in [2.75, 3.05) is 32.9 Å². The number of aliphatic carboxylic acids is 1. The summed E-state index contributed by atoms with van der Waals surface area (Å²) in [4.78, 5) is 17.0. The van der Waals surface area contributed by atoms with Crippen LogP contribution in [-0.4, -0.2) is 95.4 Å². The zero-order valence-electron chi connectivity index (χ0n) is 21.2. The molecule has 7 unspecified atom stereocenters. The van der Waals surface area contributed by atoms with Gasteiger partial charge in [0.15, 0.2) is 6.67 Å². The van der Waals surface area contributed by atoms with E-state index in [9.17, 15) is 20.1 Å². The minimum atomic E-state index is -1.27. The number of aliphatic hydroxyl groups is 3. The maximum Gasteiger partial charge on any atom is 0.306 e. The van der Waals surface area contributed by atoms with E-state index < -0.39 is 11.6 Å². The van der Waals surface area contributed by atoms with E-state index in [1.54, 1.807) is 0 Å². The van der Waals surface area contributed by atoms with Crippen molar-refractivity contribution in [3.63, 3.8) is 0 Å². The van der Waals surface area contributed by atoms with Crippen molar-refractivity contribution in [1.29, 1.82) is 0 Å². The fourth-order valence-corrected chi connectivity index (χ4v) is 5.45. The third kappa shape index (κ3) is 9.87. The van der Waals surface area contributed by atoms with Crippen molar-refractivity contribution in [3.05, 3.63) is 0 Å². The van der Waals surface area contributed by atoms with Crippen LogP contribution >= 0.6 is 0 Å². The summed E-state index contributed by atoms with van der Waals surface area (Å²) in [6, 6.07) is 0.935.